The first-order valence-electron chi connectivity index (χ1n) is 9.74. The third kappa shape index (κ3) is 6.89. The van der Waals surface area contributed by atoms with E-state index in [9.17, 15) is 22.8 Å². The molecule has 31 heavy (non-hydrogen) atoms. The van der Waals surface area contributed by atoms with Crippen molar-refractivity contribution in [1.29, 1.82) is 0 Å². The number of sulfonamides is 1. The van der Waals surface area contributed by atoms with Crippen LogP contribution in [-0.2, 0) is 24.3 Å². The highest BCUT2D eigenvalue weighted by Crippen LogP contribution is 2.28. The molecule has 0 radical (unpaired) electrons. The number of halogens is 1. The van der Waals surface area contributed by atoms with Crippen LogP contribution in [0.4, 0.5) is 4.79 Å². The minimum absolute atomic E-state index is 0.0475. The van der Waals surface area contributed by atoms with Crippen LogP contribution < -0.4 is 10.6 Å². The van der Waals surface area contributed by atoms with Gasteiger partial charge in [-0.2, -0.15) is 4.31 Å². The molecule has 0 spiro atoms. The molecule has 172 valence electrons. The summed E-state index contributed by atoms with van der Waals surface area (Å²) in [5.41, 5.74) is -0.0967. The van der Waals surface area contributed by atoms with E-state index in [1.54, 1.807) is 13.8 Å². The number of nitrogens with one attached hydrogen (secondary N) is 2. The molecule has 0 bridgehead atoms. The summed E-state index contributed by atoms with van der Waals surface area (Å²) < 4.78 is 37.8. The molecule has 2 unspecified atom stereocenters. The van der Waals surface area contributed by atoms with Gasteiger partial charge in [-0.1, -0.05) is 18.5 Å². The SMILES string of the molecule is CCCNC(=O)NC(=O)COC(=O)c1ccc(Cl)c(S(=O)(=O)N2CC(C)OC(C)C2)c1. The van der Waals surface area contributed by atoms with Gasteiger partial charge < -0.3 is 14.8 Å². The Kier molecular flexibility index (Phi) is 8.80. The maximum Gasteiger partial charge on any atom is 0.338 e. The van der Waals surface area contributed by atoms with E-state index in [0.717, 1.165) is 6.07 Å². The summed E-state index contributed by atoms with van der Waals surface area (Å²) in [7, 11) is -3.99. The third-order valence-electron chi connectivity index (χ3n) is 4.29. The van der Waals surface area contributed by atoms with Gasteiger partial charge in [0.1, 0.15) is 4.90 Å². The van der Waals surface area contributed by atoms with E-state index in [1.165, 1.54) is 16.4 Å². The molecule has 1 fully saturated rings. The lowest BCUT2D eigenvalue weighted by molar-refractivity contribution is -0.123. The van der Waals surface area contributed by atoms with Crippen LogP contribution in [0.3, 0.4) is 0 Å². The Morgan fingerprint density at radius 2 is 1.87 bits per heavy atom. The van der Waals surface area contributed by atoms with E-state index in [4.69, 9.17) is 21.1 Å². The van der Waals surface area contributed by atoms with Crippen molar-refractivity contribution in [2.24, 2.45) is 0 Å². The molecule has 1 heterocycles. The first-order chi connectivity index (χ1) is 14.5. The summed E-state index contributed by atoms with van der Waals surface area (Å²) in [6, 6.07) is 2.98. The highest BCUT2D eigenvalue weighted by Gasteiger charge is 2.34. The van der Waals surface area contributed by atoms with Crippen LogP contribution in [0, 0.1) is 0 Å². The van der Waals surface area contributed by atoms with Crippen molar-refractivity contribution < 1.29 is 32.3 Å². The molecule has 2 N–H and O–H groups in total. The van der Waals surface area contributed by atoms with Gasteiger partial charge in [-0.15, -0.1) is 0 Å². The van der Waals surface area contributed by atoms with Crippen molar-refractivity contribution in [3.8, 4) is 0 Å². The molecule has 1 aliphatic heterocycles. The number of morpholine rings is 1. The number of rotatable bonds is 7. The molecule has 0 saturated carbocycles. The molecular weight excluding hydrogens is 450 g/mol. The van der Waals surface area contributed by atoms with Crippen LogP contribution in [0.2, 0.25) is 5.02 Å². The highest BCUT2D eigenvalue weighted by atomic mass is 35.5. The van der Waals surface area contributed by atoms with Crippen LogP contribution in [0.25, 0.3) is 0 Å². The molecule has 1 saturated heterocycles. The van der Waals surface area contributed by atoms with Crippen molar-refractivity contribution in [3.05, 3.63) is 28.8 Å². The molecular formula is C19H26ClN3O7S. The molecule has 0 aromatic heterocycles. The smallest absolute Gasteiger partial charge is 0.338 e. The average molecular weight is 476 g/mol. The zero-order chi connectivity index (χ0) is 23.2. The quantitative estimate of drug-likeness (QED) is 0.571. The maximum atomic E-state index is 13.1. The fraction of sp³-hybridized carbons (Fsp3) is 0.526. The Balaban J connectivity index is 2.09. The number of amides is 3. The summed E-state index contributed by atoms with van der Waals surface area (Å²) in [5, 5.41) is 4.41. The Bertz CT molecular complexity index is 928. The van der Waals surface area contributed by atoms with Crippen LogP contribution in [0.1, 0.15) is 37.6 Å². The summed E-state index contributed by atoms with van der Waals surface area (Å²) >= 11 is 6.11. The van der Waals surface area contributed by atoms with Crippen molar-refractivity contribution in [3.63, 3.8) is 0 Å². The van der Waals surface area contributed by atoms with Gasteiger partial charge in [-0.3, -0.25) is 10.1 Å². The molecule has 1 aromatic carbocycles. The molecule has 12 heteroatoms. The number of hydrogen-bond acceptors (Lipinski definition) is 7. The fourth-order valence-corrected chi connectivity index (χ4v) is 5.04. The largest absolute Gasteiger partial charge is 0.452 e. The van der Waals surface area contributed by atoms with E-state index in [1.807, 2.05) is 12.2 Å². The minimum atomic E-state index is -3.99. The van der Waals surface area contributed by atoms with E-state index < -0.39 is 34.5 Å². The highest BCUT2D eigenvalue weighted by molar-refractivity contribution is 7.89. The third-order valence-corrected chi connectivity index (χ3v) is 6.61. The molecule has 0 aliphatic carbocycles. The van der Waals surface area contributed by atoms with Gasteiger partial charge in [0, 0.05) is 19.6 Å². The normalized spacial score (nSPS) is 19.5. The zero-order valence-electron chi connectivity index (χ0n) is 17.5. The van der Waals surface area contributed by atoms with Crippen molar-refractivity contribution in [2.45, 2.75) is 44.3 Å². The van der Waals surface area contributed by atoms with E-state index in [0.29, 0.717) is 13.0 Å². The van der Waals surface area contributed by atoms with Crippen LogP contribution in [0.15, 0.2) is 23.1 Å². The van der Waals surface area contributed by atoms with E-state index in [2.05, 4.69) is 5.32 Å². The second-order valence-corrected chi connectivity index (χ2v) is 9.42. The number of hydrogen-bond donors (Lipinski definition) is 2. The number of imide groups is 1. The van der Waals surface area contributed by atoms with E-state index in [-0.39, 0.29) is 40.8 Å². The number of esters is 1. The lowest BCUT2D eigenvalue weighted by Crippen LogP contribution is -2.48. The summed E-state index contributed by atoms with van der Waals surface area (Å²) in [6.07, 6.45) is 0.109. The number of urea groups is 1. The monoisotopic (exact) mass is 475 g/mol. The fourth-order valence-electron chi connectivity index (χ4n) is 2.95. The van der Waals surface area contributed by atoms with Gasteiger partial charge in [0.15, 0.2) is 6.61 Å². The Morgan fingerprint density at radius 3 is 2.48 bits per heavy atom. The van der Waals surface area contributed by atoms with Gasteiger partial charge in [-0.05, 0) is 38.5 Å². The van der Waals surface area contributed by atoms with Crippen molar-refractivity contribution >= 4 is 39.5 Å². The molecule has 2 rings (SSSR count). The predicted molar refractivity (Wildman–Crippen MR) is 112 cm³/mol. The Hall–Kier alpha value is -2.21. The van der Waals surface area contributed by atoms with Crippen molar-refractivity contribution in [1.82, 2.24) is 14.9 Å². The number of carbonyl (C=O) groups is 3. The summed E-state index contributed by atoms with van der Waals surface area (Å²) in [4.78, 5) is 35.2. The molecule has 1 aromatic rings. The average Bonchev–Trinajstić information content (AvgIpc) is 2.70. The number of nitrogens with zero attached hydrogens (tertiary/aromatic N) is 1. The van der Waals surface area contributed by atoms with Crippen LogP contribution >= 0.6 is 11.6 Å². The van der Waals surface area contributed by atoms with E-state index >= 15 is 0 Å². The van der Waals surface area contributed by atoms with Gasteiger partial charge in [0.2, 0.25) is 10.0 Å². The Morgan fingerprint density at radius 1 is 1.23 bits per heavy atom. The maximum absolute atomic E-state index is 13.1. The Labute approximate surface area is 186 Å². The summed E-state index contributed by atoms with van der Waals surface area (Å²) in [6.45, 7) is 5.37. The second-order valence-electron chi connectivity index (χ2n) is 7.10. The van der Waals surface area contributed by atoms with Crippen LogP contribution in [-0.4, -0.2) is 69.1 Å². The van der Waals surface area contributed by atoms with Gasteiger partial charge in [0.25, 0.3) is 5.91 Å². The first kappa shape index (κ1) is 25.1. The van der Waals surface area contributed by atoms with Gasteiger partial charge in [0.05, 0.1) is 22.8 Å². The molecule has 10 nitrogen and oxygen atoms in total. The molecule has 3 amide bonds. The van der Waals surface area contributed by atoms with Crippen molar-refractivity contribution in [2.75, 3.05) is 26.2 Å². The number of ether oxygens (including phenoxy) is 2. The molecule has 1 aliphatic rings. The first-order valence-corrected chi connectivity index (χ1v) is 11.6. The topological polar surface area (TPSA) is 131 Å². The number of benzene rings is 1. The zero-order valence-corrected chi connectivity index (χ0v) is 19.1. The molecule has 2 atom stereocenters. The van der Waals surface area contributed by atoms with Gasteiger partial charge >= 0.3 is 12.0 Å². The van der Waals surface area contributed by atoms with Gasteiger partial charge in [-0.25, -0.2) is 18.0 Å². The predicted octanol–water partition coefficient (Wildman–Crippen LogP) is 1.53. The van der Waals surface area contributed by atoms with Crippen LogP contribution in [0.5, 0.6) is 0 Å². The standard InChI is InChI=1S/C19H26ClN3O7S/c1-4-7-21-19(26)22-17(24)11-29-18(25)14-5-6-15(20)16(8-14)31(27,28)23-9-12(2)30-13(3)10-23/h5-6,8,12-13H,4,7,9-11H2,1-3H3,(H2,21,22,24,26). The summed E-state index contributed by atoms with van der Waals surface area (Å²) in [5.74, 6) is -1.75. The minimum Gasteiger partial charge on any atom is -0.452 e. The number of carbonyl (C=O) groups excluding carboxylic acids is 3. The lowest BCUT2D eigenvalue weighted by atomic mass is 10.2. The lowest BCUT2D eigenvalue weighted by Gasteiger charge is -2.34. The second kappa shape index (κ2) is 10.9.